The molecular formula is C16H27N3O2S. The maximum Gasteiger partial charge on any atom is 0.232 e. The van der Waals surface area contributed by atoms with Gasteiger partial charge in [-0.1, -0.05) is 12.1 Å². The number of nitrogens with zero attached hydrogens (tertiary/aromatic N) is 2. The Morgan fingerprint density at radius 3 is 2.73 bits per heavy atom. The zero-order valence-electron chi connectivity index (χ0n) is 13.9. The monoisotopic (exact) mass is 325 g/mol. The molecule has 0 aromatic carbocycles. The Balaban J connectivity index is 1.68. The van der Waals surface area contributed by atoms with Crippen molar-refractivity contribution in [2.45, 2.75) is 39.4 Å². The molecule has 1 N–H and O–H groups in total. The van der Waals surface area contributed by atoms with Crippen LogP contribution in [0.5, 0.6) is 0 Å². The Bertz CT molecular complexity index is 462. The summed E-state index contributed by atoms with van der Waals surface area (Å²) in [6.07, 6.45) is 2.24. The number of aryl methyl sites for hydroxylation is 2. The van der Waals surface area contributed by atoms with E-state index in [0.717, 1.165) is 67.7 Å². The Kier molecular flexibility index (Phi) is 6.76. The van der Waals surface area contributed by atoms with Crippen LogP contribution in [0.1, 0.15) is 36.8 Å². The Hall–Kier alpha value is -1.01. The van der Waals surface area contributed by atoms with Gasteiger partial charge in [-0.25, -0.2) is 0 Å². The molecule has 1 aliphatic heterocycles. The molecule has 22 heavy (non-hydrogen) atoms. The van der Waals surface area contributed by atoms with Gasteiger partial charge in [0.2, 0.25) is 5.91 Å². The van der Waals surface area contributed by atoms with Crippen LogP contribution in [0.25, 0.3) is 0 Å². The number of carbonyl (C=O) groups excluding carboxylic acids is 1. The molecular weight excluding hydrogens is 298 g/mol. The highest BCUT2D eigenvalue weighted by Gasteiger charge is 2.22. The summed E-state index contributed by atoms with van der Waals surface area (Å²) < 4.78 is 5.15. The van der Waals surface area contributed by atoms with Crippen molar-refractivity contribution in [1.82, 2.24) is 15.4 Å². The predicted octanol–water partition coefficient (Wildman–Crippen LogP) is 2.37. The topological polar surface area (TPSA) is 58.4 Å². The molecule has 0 spiro atoms. The molecule has 0 unspecified atom stereocenters. The SMILES string of the molecule is CCNCC1CCN(C(=O)CSCc2c(C)noc2C)CC1. The summed E-state index contributed by atoms with van der Waals surface area (Å²) in [6.45, 7) is 9.92. The Labute approximate surface area is 137 Å². The van der Waals surface area contributed by atoms with Crippen LogP contribution < -0.4 is 5.32 Å². The van der Waals surface area contributed by atoms with E-state index in [1.807, 2.05) is 18.7 Å². The summed E-state index contributed by atoms with van der Waals surface area (Å²) in [5, 5.41) is 7.35. The molecule has 0 aliphatic carbocycles. The average Bonchev–Trinajstić information content (AvgIpc) is 2.85. The van der Waals surface area contributed by atoms with E-state index in [2.05, 4.69) is 17.4 Å². The number of nitrogens with one attached hydrogen (secondary N) is 1. The second kappa shape index (κ2) is 8.58. The maximum absolute atomic E-state index is 12.3. The summed E-state index contributed by atoms with van der Waals surface area (Å²) >= 11 is 1.65. The first-order valence-corrected chi connectivity index (χ1v) is 9.25. The first-order chi connectivity index (χ1) is 10.6. The van der Waals surface area contributed by atoms with Crippen LogP contribution in [0.4, 0.5) is 0 Å². The molecule has 1 saturated heterocycles. The number of rotatable bonds is 7. The number of piperidine rings is 1. The van der Waals surface area contributed by atoms with Crippen LogP contribution in [0.3, 0.4) is 0 Å². The number of hydrogen-bond acceptors (Lipinski definition) is 5. The molecule has 124 valence electrons. The Morgan fingerprint density at radius 2 is 2.14 bits per heavy atom. The minimum Gasteiger partial charge on any atom is -0.361 e. The van der Waals surface area contributed by atoms with Gasteiger partial charge in [0, 0.05) is 24.4 Å². The molecule has 1 fully saturated rings. The van der Waals surface area contributed by atoms with E-state index in [-0.39, 0.29) is 5.91 Å². The smallest absolute Gasteiger partial charge is 0.232 e. The first-order valence-electron chi connectivity index (χ1n) is 8.09. The van der Waals surface area contributed by atoms with E-state index in [1.54, 1.807) is 11.8 Å². The normalized spacial score (nSPS) is 16.2. The third-order valence-electron chi connectivity index (χ3n) is 4.30. The summed E-state index contributed by atoms with van der Waals surface area (Å²) in [5.41, 5.74) is 2.06. The molecule has 1 aliphatic rings. The van der Waals surface area contributed by atoms with Gasteiger partial charge in [-0.3, -0.25) is 4.79 Å². The van der Waals surface area contributed by atoms with Crippen LogP contribution in [0.2, 0.25) is 0 Å². The van der Waals surface area contributed by atoms with Crippen LogP contribution >= 0.6 is 11.8 Å². The van der Waals surface area contributed by atoms with Crippen molar-refractivity contribution in [1.29, 1.82) is 0 Å². The van der Waals surface area contributed by atoms with E-state index < -0.39 is 0 Å². The van der Waals surface area contributed by atoms with Crippen molar-refractivity contribution in [2.24, 2.45) is 5.92 Å². The van der Waals surface area contributed by atoms with Crippen LogP contribution in [0.15, 0.2) is 4.52 Å². The maximum atomic E-state index is 12.3. The van der Waals surface area contributed by atoms with Gasteiger partial charge in [-0.15, -0.1) is 11.8 Å². The number of likely N-dealkylation sites (tertiary alicyclic amines) is 1. The minimum absolute atomic E-state index is 0.263. The minimum atomic E-state index is 0.263. The summed E-state index contributed by atoms with van der Waals surface area (Å²) in [5.74, 6) is 3.19. The van der Waals surface area contributed by atoms with Crippen molar-refractivity contribution in [3.05, 3.63) is 17.0 Å². The number of aromatic nitrogens is 1. The van der Waals surface area contributed by atoms with Crippen molar-refractivity contribution in [2.75, 3.05) is 31.9 Å². The summed E-state index contributed by atoms with van der Waals surface area (Å²) in [6, 6.07) is 0. The van der Waals surface area contributed by atoms with Crippen molar-refractivity contribution < 1.29 is 9.32 Å². The highest BCUT2D eigenvalue weighted by Crippen LogP contribution is 2.21. The first kappa shape index (κ1) is 17.3. The Morgan fingerprint density at radius 1 is 1.41 bits per heavy atom. The number of hydrogen-bond donors (Lipinski definition) is 1. The van der Waals surface area contributed by atoms with Crippen molar-refractivity contribution in [3.8, 4) is 0 Å². The van der Waals surface area contributed by atoms with Gasteiger partial charge in [-0.2, -0.15) is 0 Å². The van der Waals surface area contributed by atoms with E-state index in [9.17, 15) is 4.79 Å². The largest absolute Gasteiger partial charge is 0.361 e. The van der Waals surface area contributed by atoms with Crippen molar-refractivity contribution >= 4 is 17.7 Å². The van der Waals surface area contributed by atoms with E-state index in [1.165, 1.54) is 0 Å². The lowest BCUT2D eigenvalue weighted by Gasteiger charge is -2.32. The molecule has 1 aromatic heterocycles. The van der Waals surface area contributed by atoms with Gasteiger partial charge in [0.1, 0.15) is 5.76 Å². The van der Waals surface area contributed by atoms with Crippen LogP contribution in [-0.4, -0.2) is 47.9 Å². The standard InChI is InChI=1S/C16H27N3O2S/c1-4-17-9-14-5-7-19(8-6-14)16(20)11-22-10-15-12(2)18-21-13(15)3/h14,17H,4-11H2,1-3H3. The lowest BCUT2D eigenvalue weighted by molar-refractivity contribution is -0.129. The van der Waals surface area contributed by atoms with Crippen molar-refractivity contribution in [3.63, 3.8) is 0 Å². The molecule has 0 radical (unpaired) electrons. The fourth-order valence-corrected chi connectivity index (χ4v) is 3.85. The third kappa shape index (κ3) is 4.74. The number of carbonyl (C=O) groups is 1. The van der Waals surface area contributed by atoms with Crippen LogP contribution in [0, 0.1) is 19.8 Å². The van der Waals surface area contributed by atoms with E-state index in [4.69, 9.17) is 4.52 Å². The molecule has 2 heterocycles. The molecule has 0 bridgehead atoms. The fraction of sp³-hybridized carbons (Fsp3) is 0.750. The van der Waals surface area contributed by atoms with Gasteiger partial charge in [0.15, 0.2) is 0 Å². The third-order valence-corrected chi connectivity index (χ3v) is 5.25. The molecule has 1 amide bonds. The van der Waals surface area contributed by atoms with E-state index >= 15 is 0 Å². The predicted molar refractivity (Wildman–Crippen MR) is 90.0 cm³/mol. The quantitative estimate of drug-likeness (QED) is 0.834. The molecule has 1 aromatic rings. The van der Waals surface area contributed by atoms with Gasteiger partial charge in [0.25, 0.3) is 0 Å². The molecule has 0 saturated carbocycles. The number of thioether (sulfide) groups is 1. The zero-order valence-corrected chi connectivity index (χ0v) is 14.7. The zero-order chi connectivity index (χ0) is 15.9. The van der Waals surface area contributed by atoms with E-state index in [0.29, 0.717) is 5.75 Å². The summed E-state index contributed by atoms with van der Waals surface area (Å²) in [4.78, 5) is 14.3. The van der Waals surface area contributed by atoms with Gasteiger partial charge in [0.05, 0.1) is 11.4 Å². The molecule has 5 nitrogen and oxygen atoms in total. The highest BCUT2D eigenvalue weighted by atomic mass is 32.2. The molecule has 6 heteroatoms. The highest BCUT2D eigenvalue weighted by molar-refractivity contribution is 7.99. The lowest BCUT2D eigenvalue weighted by atomic mass is 9.97. The van der Waals surface area contributed by atoms with Gasteiger partial charge >= 0.3 is 0 Å². The second-order valence-corrected chi connectivity index (χ2v) is 6.91. The summed E-state index contributed by atoms with van der Waals surface area (Å²) in [7, 11) is 0. The lowest BCUT2D eigenvalue weighted by Crippen LogP contribution is -2.41. The molecule has 0 atom stereocenters. The van der Waals surface area contributed by atoms with Crippen LogP contribution in [-0.2, 0) is 10.5 Å². The second-order valence-electron chi connectivity index (χ2n) is 5.93. The molecule has 2 rings (SSSR count). The van der Waals surface area contributed by atoms with Gasteiger partial charge < -0.3 is 14.7 Å². The average molecular weight is 325 g/mol. The fourth-order valence-electron chi connectivity index (χ4n) is 2.77. The van der Waals surface area contributed by atoms with Gasteiger partial charge in [-0.05, 0) is 45.7 Å². The number of amides is 1.